The molecule has 0 spiro atoms. The molecule has 3 heteroatoms. The number of rotatable bonds is 3. The third kappa shape index (κ3) is 2.41. The van der Waals surface area contributed by atoms with Crippen LogP contribution in [0, 0.1) is 0 Å². The lowest BCUT2D eigenvalue weighted by Gasteiger charge is -2.23. The van der Waals surface area contributed by atoms with E-state index in [2.05, 4.69) is 6.92 Å². The first kappa shape index (κ1) is 9.46. The van der Waals surface area contributed by atoms with Crippen molar-refractivity contribution in [3.05, 3.63) is 0 Å². The second-order valence-corrected chi connectivity index (χ2v) is 6.06. The van der Waals surface area contributed by atoms with Crippen molar-refractivity contribution in [1.29, 1.82) is 0 Å². The normalized spacial score (nSPS) is 22.0. The molecule has 1 fully saturated rings. The maximum atomic E-state index is 10.9. The van der Waals surface area contributed by atoms with E-state index in [0.717, 1.165) is 12.8 Å². The summed E-state index contributed by atoms with van der Waals surface area (Å²) in [4.78, 5) is 10.9. The zero-order chi connectivity index (χ0) is 8.32. The minimum Gasteiger partial charge on any atom is -0.300 e. The van der Waals surface area contributed by atoms with Gasteiger partial charge in [-0.2, -0.15) is 0 Å². The summed E-state index contributed by atoms with van der Waals surface area (Å²) in [5, 5.41) is 0. The van der Waals surface area contributed by atoms with Gasteiger partial charge >= 0.3 is 0 Å². The third-order valence-corrected chi connectivity index (χ3v) is 5.57. The molecule has 11 heavy (non-hydrogen) atoms. The Labute approximate surface area is 76.7 Å². The van der Waals surface area contributed by atoms with Crippen LogP contribution in [0.5, 0.6) is 0 Å². The van der Waals surface area contributed by atoms with Crippen LogP contribution in [0.15, 0.2) is 0 Å². The molecule has 0 aliphatic carbocycles. The van der Waals surface area contributed by atoms with Gasteiger partial charge in [0.05, 0.1) is 4.08 Å². The average Bonchev–Trinajstić information content (AvgIpc) is 2.36. The molecule has 0 amide bonds. The number of carbonyl (C=O) groups is 1. The molecule has 0 aromatic rings. The van der Waals surface area contributed by atoms with Crippen molar-refractivity contribution in [3.8, 4) is 0 Å². The summed E-state index contributed by atoms with van der Waals surface area (Å²) in [6, 6.07) is 0. The van der Waals surface area contributed by atoms with Gasteiger partial charge in [-0.15, -0.1) is 23.5 Å². The molecule has 0 atom stereocenters. The Kier molecular flexibility index (Phi) is 3.31. The number of hydrogen-bond acceptors (Lipinski definition) is 3. The molecule has 1 aliphatic rings. The number of hydrogen-bond donors (Lipinski definition) is 0. The Morgan fingerprint density at radius 1 is 1.45 bits per heavy atom. The summed E-state index contributed by atoms with van der Waals surface area (Å²) < 4.78 is 0.242. The molecule has 0 bridgehead atoms. The molecule has 0 aromatic carbocycles. The fourth-order valence-electron chi connectivity index (χ4n) is 1.31. The van der Waals surface area contributed by atoms with Gasteiger partial charge in [0.15, 0.2) is 0 Å². The molecule has 0 unspecified atom stereocenters. The Morgan fingerprint density at radius 2 is 2.00 bits per heavy atom. The van der Waals surface area contributed by atoms with Crippen LogP contribution in [0.25, 0.3) is 0 Å². The van der Waals surface area contributed by atoms with E-state index in [1.807, 2.05) is 23.5 Å². The zero-order valence-corrected chi connectivity index (χ0v) is 8.69. The number of ketones is 1. The van der Waals surface area contributed by atoms with E-state index in [1.165, 1.54) is 11.5 Å². The Bertz CT molecular complexity index is 150. The summed E-state index contributed by atoms with van der Waals surface area (Å²) >= 11 is 3.92. The topological polar surface area (TPSA) is 17.1 Å². The van der Waals surface area contributed by atoms with E-state index in [1.54, 1.807) is 6.92 Å². The van der Waals surface area contributed by atoms with Crippen LogP contribution in [0.4, 0.5) is 0 Å². The van der Waals surface area contributed by atoms with Gasteiger partial charge in [0.2, 0.25) is 0 Å². The highest BCUT2D eigenvalue weighted by atomic mass is 32.2. The smallest absolute Gasteiger partial charge is 0.132 e. The number of thioether (sulfide) groups is 2. The van der Waals surface area contributed by atoms with E-state index in [-0.39, 0.29) is 4.08 Å². The van der Waals surface area contributed by atoms with Crippen molar-refractivity contribution in [2.24, 2.45) is 0 Å². The Morgan fingerprint density at radius 3 is 2.36 bits per heavy atom. The highest BCUT2D eigenvalue weighted by Crippen LogP contribution is 2.48. The van der Waals surface area contributed by atoms with Gasteiger partial charge in [0.25, 0.3) is 0 Å². The summed E-state index contributed by atoms with van der Waals surface area (Å²) in [7, 11) is 0. The van der Waals surface area contributed by atoms with Crippen LogP contribution in [0.3, 0.4) is 0 Å². The molecule has 1 heterocycles. The monoisotopic (exact) mass is 190 g/mol. The van der Waals surface area contributed by atoms with Gasteiger partial charge < -0.3 is 0 Å². The molecule has 64 valence electrons. The van der Waals surface area contributed by atoms with Crippen LogP contribution in [0.1, 0.15) is 26.7 Å². The predicted molar refractivity (Wildman–Crippen MR) is 53.2 cm³/mol. The van der Waals surface area contributed by atoms with E-state index < -0.39 is 0 Å². The molecule has 0 saturated carbocycles. The standard InChI is InChI=1S/C8H14OS2/c1-3-8(6-7(2)9)10-4-5-11-8/h3-6H2,1-2H3. The molecule has 0 aromatic heterocycles. The van der Waals surface area contributed by atoms with Gasteiger partial charge in [-0.1, -0.05) is 6.92 Å². The van der Waals surface area contributed by atoms with Gasteiger partial charge in [-0.3, -0.25) is 4.79 Å². The molecular formula is C8H14OS2. The lowest BCUT2D eigenvalue weighted by molar-refractivity contribution is -0.117. The molecular weight excluding hydrogens is 176 g/mol. The van der Waals surface area contributed by atoms with E-state index in [0.29, 0.717) is 5.78 Å². The number of carbonyl (C=O) groups excluding carboxylic acids is 1. The maximum absolute atomic E-state index is 10.9. The zero-order valence-electron chi connectivity index (χ0n) is 7.05. The van der Waals surface area contributed by atoms with Gasteiger partial charge in [-0.05, 0) is 13.3 Å². The Hall–Kier alpha value is 0.370. The Balaban J connectivity index is 2.52. The summed E-state index contributed by atoms with van der Waals surface area (Å²) in [6.45, 7) is 3.87. The summed E-state index contributed by atoms with van der Waals surface area (Å²) in [5.74, 6) is 2.76. The highest BCUT2D eigenvalue weighted by molar-refractivity contribution is 8.21. The fourth-order valence-corrected chi connectivity index (χ4v) is 4.57. The minimum absolute atomic E-state index is 0.242. The number of Topliss-reactive ketones (excluding diaryl/α,β-unsaturated/α-hetero) is 1. The van der Waals surface area contributed by atoms with Crippen molar-refractivity contribution >= 4 is 29.3 Å². The summed E-state index contributed by atoms with van der Waals surface area (Å²) in [6.07, 6.45) is 1.86. The lowest BCUT2D eigenvalue weighted by Crippen LogP contribution is -2.19. The van der Waals surface area contributed by atoms with Crippen LogP contribution in [-0.4, -0.2) is 21.4 Å². The van der Waals surface area contributed by atoms with Crippen LogP contribution >= 0.6 is 23.5 Å². The molecule has 1 saturated heterocycles. The molecule has 1 rings (SSSR count). The SMILES string of the molecule is CCC1(CC(C)=O)SCCS1. The largest absolute Gasteiger partial charge is 0.300 e. The van der Waals surface area contributed by atoms with Crippen LogP contribution < -0.4 is 0 Å². The van der Waals surface area contributed by atoms with Crippen molar-refractivity contribution in [1.82, 2.24) is 0 Å². The van der Waals surface area contributed by atoms with Crippen LogP contribution in [0.2, 0.25) is 0 Å². The highest BCUT2D eigenvalue weighted by Gasteiger charge is 2.34. The van der Waals surface area contributed by atoms with Crippen molar-refractivity contribution in [3.63, 3.8) is 0 Å². The van der Waals surface area contributed by atoms with E-state index >= 15 is 0 Å². The molecule has 1 nitrogen and oxygen atoms in total. The predicted octanol–water partition coefficient (Wildman–Crippen LogP) is 2.55. The van der Waals surface area contributed by atoms with E-state index in [9.17, 15) is 4.79 Å². The second-order valence-electron chi connectivity index (χ2n) is 2.84. The average molecular weight is 190 g/mol. The minimum atomic E-state index is 0.242. The van der Waals surface area contributed by atoms with Crippen molar-refractivity contribution < 1.29 is 4.79 Å². The molecule has 1 aliphatic heterocycles. The fraction of sp³-hybridized carbons (Fsp3) is 0.875. The quantitative estimate of drug-likeness (QED) is 0.681. The van der Waals surface area contributed by atoms with Crippen molar-refractivity contribution in [2.75, 3.05) is 11.5 Å². The second kappa shape index (κ2) is 3.85. The first-order valence-electron chi connectivity index (χ1n) is 3.96. The van der Waals surface area contributed by atoms with Gasteiger partial charge in [-0.25, -0.2) is 0 Å². The molecule has 0 N–H and O–H groups in total. The third-order valence-electron chi connectivity index (χ3n) is 1.87. The summed E-state index contributed by atoms with van der Waals surface area (Å²) in [5.41, 5.74) is 0. The lowest BCUT2D eigenvalue weighted by atomic mass is 10.2. The van der Waals surface area contributed by atoms with Crippen molar-refractivity contribution in [2.45, 2.75) is 30.8 Å². The first-order chi connectivity index (χ1) is 5.18. The molecule has 0 radical (unpaired) electrons. The van der Waals surface area contributed by atoms with Gasteiger partial charge in [0.1, 0.15) is 5.78 Å². The first-order valence-corrected chi connectivity index (χ1v) is 5.93. The van der Waals surface area contributed by atoms with Crippen LogP contribution in [-0.2, 0) is 4.79 Å². The van der Waals surface area contributed by atoms with E-state index in [4.69, 9.17) is 0 Å². The maximum Gasteiger partial charge on any atom is 0.132 e. The van der Waals surface area contributed by atoms with Gasteiger partial charge in [0, 0.05) is 17.9 Å².